The van der Waals surface area contributed by atoms with Gasteiger partial charge in [-0.2, -0.15) is 0 Å². The largest absolute Gasteiger partial charge is 0.457 e. The van der Waals surface area contributed by atoms with Gasteiger partial charge in [0.15, 0.2) is 0 Å². The normalized spacial score (nSPS) is 11.4. The number of hydrogen-bond donors (Lipinski definition) is 0. The second-order valence-corrected chi connectivity index (χ2v) is 8.17. The number of aryl methyl sites for hydroxylation is 2. The van der Waals surface area contributed by atoms with E-state index < -0.39 is 0 Å². The molecule has 0 aliphatic heterocycles. The minimum absolute atomic E-state index is 0.107. The second kappa shape index (κ2) is 8.63. The topological polar surface area (TPSA) is 9.23 Å². The Morgan fingerprint density at radius 1 is 0.852 bits per heavy atom. The molecule has 3 rings (SSSR count). The third-order valence-corrected chi connectivity index (χ3v) is 5.51. The Morgan fingerprint density at radius 3 is 2.33 bits per heavy atom. The van der Waals surface area contributed by atoms with Gasteiger partial charge in [-0.25, -0.2) is 0 Å². The molecule has 0 aromatic heterocycles. The number of ether oxygens (including phenoxy) is 1. The zero-order chi connectivity index (χ0) is 19.3. The van der Waals surface area contributed by atoms with Crippen molar-refractivity contribution in [3.8, 4) is 11.5 Å². The van der Waals surface area contributed by atoms with Crippen molar-refractivity contribution < 1.29 is 4.74 Å². The summed E-state index contributed by atoms with van der Waals surface area (Å²) in [5.74, 6) is 1.76. The van der Waals surface area contributed by atoms with Gasteiger partial charge in [0.1, 0.15) is 11.5 Å². The number of para-hydroxylation sites is 1. The minimum Gasteiger partial charge on any atom is -0.457 e. The molecule has 0 aliphatic rings. The fourth-order valence-corrected chi connectivity index (χ4v) is 3.46. The first-order valence-corrected chi connectivity index (χ1v) is 9.90. The third kappa shape index (κ3) is 5.37. The van der Waals surface area contributed by atoms with Crippen molar-refractivity contribution in [3.63, 3.8) is 0 Å². The maximum atomic E-state index is 6.32. The molecule has 140 valence electrons. The van der Waals surface area contributed by atoms with Crippen LogP contribution in [0.2, 0.25) is 5.02 Å². The summed E-state index contributed by atoms with van der Waals surface area (Å²) in [6.45, 7) is 6.63. The molecular weight excluding hydrogens is 352 g/mol. The Kier molecular flexibility index (Phi) is 6.23. The Bertz CT molecular complexity index is 884. The molecule has 0 atom stereocenters. The summed E-state index contributed by atoms with van der Waals surface area (Å²) in [6.07, 6.45) is 3.26. The molecule has 0 N–H and O–H groups in total. The smallest absolute Gasteiger partial charge is 0.127 e. The summed E-state index contributed by atoms with van der Waals surface area (Å²) in [5.41, 5.74) is 3.85. The van der Waals surface area contributed by atoms with E-state index in [1.165, 1.54) is 11.1 Å². The molecule has 27 heavy (non-hydrogen) atoms. The third-order valence-electron chi connectivity index (χ3n) is 5.10. The highest BCUT2D eigenvalue weighted by molar-refractivity contribution is 6.31. The van der Waals surface area contributed by atoms with Gasteiger partial charge < -0.3 is 4.74 Å². The van der Waals surface area contributed by atoms with Crippen LogP contribution in [-0.2, 0) is 11.8 Å². The maximum Gasteiger partial charge on any atom is 0.127 e. The summed E-state index contributed by atoms with van der Waals surface area (Å²) in [6, 6.07) is 24.7. The minimum atomic E-state index is 0.107. The van der Waals surface area contributed by atoms with Gasteiger partial charge in [0.25, 0.3) is 0 Å². The van der Waals surface area contributed by atoms with Crippen LogP contribution in [0.15, 0.2) is 72.8 Å². The fourth-order valence-electron chi connectivity index (χ4n) is 3.28. The van der Waals surface area contributed by atoms with E-state index >= 15 is 0 Å². The van der Waals surface area contributed by atoms with Crippen molar-refractivity contribution in [2.45, 2.75) is 45.4 Å². The summed E-state index contributed by atoms with van der Waals surface area (Å²) >= 11 is 6.32. The van der Waals surface area contributed by atoms with Gasteiger partial charge >= 0.3 is 0 Å². The molecule has 0 saturated carbocycles. The molecule has 0 spiro atoms. The monoisotopic (exact) mass is 378 g/mol. The number of rotatable bonds is 7. The van der Waals surface area contributed by atoms with Crippen molar-refractivity contribution in [3.05, 3.63) is 94.5 Å². The highest BCUT2D eigenvalue weighted by Crippen LogP contribution is 2.32. The SMILES string of the molecule is Cc1ccc(C(C)(C)CCCc2cccc(Oc3ccccc3)c2)cc1Cl. The van der Waals surface area contributed by atoms with Crippen LogP contribution in [0.5, 0.6) is 11.5 Å². The molecule has 3 aromatic rings. The predicted molar refractivity (Wildman–Crippen MR) is 115 cm³/mol. The molecule has 0 fully saturated rings. The standard InChI is InChI=1S/C25H27ClO/c1-19-14-15-21(18-24(19)26)25(2,3)16-8-10-20-9-7-13-23(17-20)27-22-11-5-4-6-12-22/h4-7,9,11-15,17-18H,8,10,16H2,1-3H3. The first-order chi connectivity index (χ1) is 12.9. The highest BCUT2D eigenvalue weighted by atomic mass is 35.5. The zero-order valence-electron chi connectivity index (χ0n) is 16.3. The molecule has 0 amide bonds. The molecule has 2 heteroatoms. The van der Waals surface area contributed by atoms with Crippen LogP contribution in [0, 0.1) is 6.92 Å². The first kappa shape index (κ1) is 19.5. The van der Waals surface area contributed by atoms with Crippen molar-refractivity contribution in [1.82, 2.24) is 0 Å². The molecule has 0 radical (unpaired) electrons. The summed E-state index contributed by atoms with van der Waals surface area (Å²) in [5, 5.41) is 0.853. The van der Waals surface area contributed by atoms with Gasteiger partial charge in [-0.05, 0) is 78.6 Å². The van der Waals surface area contributed by atoms with Crippen LogP contribution in [0.25, 0.3) is 0 Å². The Hall–Kier alpha value is -2.25. The van der Waals surface area contributed by atoms with Gasteiger partial charge in [-0.1, -0.05) is 67.9 Å². The van der Waals surface area contributed by atoms with Gasteiger partial charge in [0.05, 0.1) is 0 Å². The highest BCUT2D eigenvalue weighted by Gasteiger charge is 2.20. The molecule has 0 unspecified atom stereocenters. The van der Waals surface area contributed by atoms with Crippen LogP contribution in [0.1, 0.15) is 43.4 Å². The molecule has 0 aliphatic carbocycles. The summed E-state index contributed by atoms with van der Waals surface area (Å²) in [7, 11) is 0. The van der Waals surface area contributed by atoms with E-state index in [4.69, 9.17) is 16.3 Å². The van der Waals surface area contributed by atoms with E-state index in [0.29, 0.717) is 0 Å². The predicted octanol–water partition coefficient (Wildman–Crippen LogP) is 7.74. The Labute approximate surface area is 168 Å². The number of benzene rings is 3. The zero-order valence-corrected chi connectivity index (χ0v) is 17.1. The lowest BCUT2D eigenvalue weighted by molar-refractivity contribution is 0.460. The lowest BCUT2D eigenvalue weighted by Crippen LogP contribution is -2.17. The van der Waals surface area contributed by atoms with Gasteiger partial charge in [-0.15, -0.1) is 0 Å². The molecule has 1 nitrogen and oxygen atoms in total. The molecule has 0 saturated heterocycles. The first-order valence-electron chi connectivity index (χ1n) is 9.52. The molecule has 3 aromatic carbocycles. The summed E-state index contributed by atoms with van der Waals surface area (Å²) < 4.78 is 5.95. The van der Waals surface area contributed by atoms with Crippen LogP contribution < -0.4 is 4.74 Å². The van der Waals surface area contributed by atoms with Gasteiger partial charge in [0, 0.05) is 5.02 Å². The summed E-state index contributed by atoms with van der Waals surface area (Å²) in [4.78, 5) is 0. The Morgan fingerprint density at radius 2 is 1.59 bits per heavy atom. The van der Waals surface area contributed by atoms with E-state index in [2.05, 4.69) is 50.2 Å². The quantitative estimate of drug-likeness (QED) is 0.408. The second-order valence-electron chi connectivity index (χ2n) is 7.76. The maximum absolute atomic E-state index is 6.32. The average Bonchev–Trinajstić information content (AvgIpc) is 2.65. The van der Waals surface area contributed by atoms with Crippen LogP contribution in [-0.4, -0.2) is 0 Å². The van der Waals surface area contributed by atoms with E-state index in [1.807, 2.05) is 43.3 Å². The van der Waals surface area contributed by atoms with Crippen LogP contribution in [0.3, 0.4) is 0 Å². The molecule has 0 bridgehead atoms. The van der Waals surface area contributed by atoms with E-state index in [9.17, 15) is 0 Å². The lowest BCUT2D eigenvalue weighted by Gasteiger charge is -2.26. The van der Waals surface area contributed by atoms with Crippen molar-refractivity contribution >= 4 is 11.6 Å². The van der Waals surface area contributed by atoms with E-state index in [-0.39, 0.29) is 5.41 Å². The van der Waals surface area contributed by atoms with Crippen molar-refractivity contribution in [1.29, 1.82) is 0 Å². The number of hydrogen-bond acceptors (Lipinski definition) is 1. The number of halogens is 1. The van der Waals surface area contributed by atoms with Crippen molar-refractivity contribution in [2.75, 3.05) is 0 Å². The van der Waals surface area contributed by atoms with Crippen molar-refractivity contribution in [2.24, 2.45) is 0 Å². The van der Waals surface area contributed by atoms with Gasteiger partial charge in [-0.3, -0.25) is 0 Å². The van der Waals surface area contributed by atoms with Crippen LogP contribution in [0.4, 0.5) is 0 Å². The van der Waals surface area contributed by atoms with Gasteiger partial charge in [0.2, 0.25) is 0 Å². The van der Waals surface area contributed by atoms with Crippen LogP contribution >= 0.6 is 11.6 Å². The molecule has 0 heterocycles. The lowest BCUT2D eigenvalue weighted by atomic mass is 9.79. The fraction of sp³-hybridized carbons (Fsp3) is 0.280. The molecular formula is C25H27ClO. The van der Waals surface area contributed by atoms with E-state index in [1.54, 1.807) is 0 Å². The average molecular weight is 379 g/mol. The van der Waals surface area contributed by atoms with E-state index in [0.717, 1.165) is 41.3 Å². The Balaban J connectivity index is 1.59.